The molecule has 1 heterocycles. The average Bonchev–Trinajstić information content (AvgIpc) is 2.16. The van der Waals surface area contributed by atoms with Gasteiger partial charge in [-0.2, -0.15) is 0 Å². The van der Waals surface area contributed by atoms with E-state index in [-0.39, 0.29) is 0 Å². The van der Waals surface area contributed by atoms with E-state index in [1.807, 2.05) is 24.3 Å². The first-order chi connectivity index (χ1) is 7.34. The van der Waals surface area contributed by atoms with E-state index >= 15 is 0 Å². The molecule has 1 aromatic heterocycles. The Bertz CT molecular complexity index is 506. The van der Waals surface area contributed by atoms with Gasteiger partial charge in [-0.25, -0.2) is 9.97 Å². The summed E-state index contributed by atoms with van der Waals surface area (Å²) in [6, 6.07) is 7.87. The molecule has 0 unspecified atom stereocenters. The van der Waals surface area contributed by atoms with Gasteiger partial charge in [0.2, 0.25) is 0 Å². The first-order valence-corrected chi connectivity index (χ1v) is 5.64. The molecule has 2 nitrogen and oxygen atoms in total. The third-order valence-electron chi connectivity index (χ3n) is 3.04. The molecule has 1 aliphatic rings. The largest absolute Gasteiger partial charge is 0.248 e. The number of aromatic nitrogens is 2. The Morgan fingerprint density at radius 2 is 1.73 bits per heavy atom. The Balaban J connectivity index is 2.17. The highest BCUT2D eigenvalue weighted by Crippen LogP contribution is 2.38. The number of halogens is 1. The van der Waals surface area contributed by atoms with Crippen LogP contribution in [0.3, 0.4) is 0 Å². The van der Waals surface area contributed by atoms with Gasteiger partial charge in [0.1, 0.15) is 0 Å². The fourth-order valence-corrected chi connectivity index (χ4v) is 2.22. The number of hydrogen-bond donors (Lipinski definition) is 0. The molecule has 0 radical (unpaired) electrons. The minimum Gasteiger partial charge on any atom is -0.248 e. The molecule has 1 aliphatic carbocycles. The monoisotopic (exact) mass is 218 g/mol. The second-order valence-corrected chi connectivity index (χ2v) is 4.37. The summed E-state index contributed by atoms with van der Waals surface area (Å²) >= 11 is 6.14. The molecule has 0 amide bonds. The maximum Gasteiger partial charge on any atom is 0.151 e. The molecule has 0 spiro atoms. The van der Waals surface area contributed by atoms with Crippen molar-refractivity contribution < 1.29 is 0 Å². The van der Waals surface area contributed by atoms with Crippen molar-refractivity contribution >= 4 is 22.6 Å². The molecule has 0 N–H and O–H groups in total. The molecule has 0 saturated heterocycles. The minimum atomic E-state index is 0.537. The Kier molecular flexibility index (Phi) is 2.10. The molecule has 1 fully saturated rings. The van der Waals surface area contributed by atoms with Crippen LogP contribution in [-0.2, 0) is 0 Å². The van der Waals surface area contributed by atoms with Crippen molar-refractivity contribution in [2.45, 2.75) is 25.2 Å². The number of hydrogen-bond acceptors (Lipinski definition) is 2. The fourth-order valence-electron chi connectivity index (χ4n) is 1.93. The van der Waals surface area contributed by atoms with Crippen LogP contribution in [0.4, 0.5) is 0 Å². The summed E-state index contributed by atoms with van der Waals surface area (Å²) in [4.78, 5) is 8.98. The van der Waals surface area contributed by atoms with E-state index in [1.54, 1.807) is 0 Å². The van der Waals surface area contributed by atoms with Crippen molar-refractivity contribution in [3.63, 3.8) is 0 Å². The lowest BCUT2D eigenvalue weighted by Gasteiger charge is -2.25. The SMILES string of the molecule is Clc1nc2ccccc2nc1C1CCC1. The lowest BCUT2D eigenvalue weighted by molar-refractivity contribution is 0.411. The standard InChI is InChI=1S/C12H11ClN2/c13-12-11(8-4-3-5-8)14-9-6-1-2-7-10(9)15-12/h1-2,6-8H,3-5H2. The predicted molar refractivity (Wildman–Crippen MR) is 61.1 cm³/mol. The second-order valence-electron chi connectivity index (χ2n) is 4.02. The molecular weight excluding hydrogens is 208 g/mol. The molecule has 1 saturated carbocycles. The zero-order valence-corrected chi connectivity index (χ0v) is 9.04. The van der Waals surface area contributed by atoms with Crippen LogP contribution in [0.25, 0.3) is 11.0 Å². The summed E-state index contributed by atoms with van der Waals surface area (Å²) in [5.74, 6) is 0.537. The molecule has 2 aromatic rings. The van der Waals surface area contributed by atoms with Crippen LogP contribution in [0.2, 0.25) is 5.15 Å². The van der Waals surface area contributed by atoms with E-state index in [2.05, 4.69) is 9.97 Å². The molecule has 0 aliphatic heterocycles. The van der Waals surface area contributed by atoms with E-state index in [9.17, 15) is 0 Å². The summed E-state index contributed by atoms with van der Waals surface area (Å²) in [5.41, 5.74) is 2.82. The van der Waals surface area contributed by atoms with Gasteiger partial charge in [-0.1, -0.05) is 30.2 Å². The summed E-state index contributed by atoms with van der Waals surface area (Å²) < 4.78 is 0. The number of para-hydroxylation sites is 2. The van der Waals surface area contributed by atoms with Gasteiger partial charge in [-0.05, 0) is 25.0 Å². The number of nitrogens with zero attached hydrogens (tertiary/aromatic N) is 2. The van der Waals surface area contributed by atoms with E-state index in [1.165, 1.54) is 19.3 Å². The summed E-state index contributed by atoms with van der Waals surface area (Å²) in [7, 11) is 0. The highest BCUT2D eigenvalue weighted by atomic mass is 35.5. The smallest absolute Gasteiger partial charge is 0.151 e. The van der Waals surface area contributed by atoms with Crippen molar-refractivity contribution in [1.29, 1.82) is 0 Å². The third-order valence-corrected chi connectivity index (χ3v) is 3.32. The molecule has 15 heavy (non-hydrogen) atoms. The Hall–Kier alpha value is -1.15. The highest BCUT2D eigenvalue weighted by Gasteiger charge is 2.24. The van der Waals surface area contributed by atoms with Gasteiger partial charge in [0.15, 0.2) is 5.15 Å². The predicted octanol–water partition coefficient (Wildman–Crippen LogP) is 3.55. The lowest BCUT2D eigenvalue weighted by atomic mass is 9.83. The van der Waals surface area contributed by atoms with Crippen LogP contribution >= 0.6 is 11.6 Å². The van der Waals surface area contributed by atoms with E-state index in [0.29, 0.717) is 11.1 Å². The van der Waals surface area contributed by atoms with Crippen molar-refractivity contribution in [2.24, 2.45) is 0 Å². The van der Waals surface area contributed by atoms with Gasteiger partial charge in [0.25, 0.3) is 0 Å². The maximum absolute atomic E-state index is 6.14. The van der Waals surface area contributed by atoms with Gasteiger partial charge < -0.3 is 0 Å². The quantitative estimate of drug-likeness (QED) is 0.732. The number of fused-ring (bicyclic) bond motifs is 1. The van der Waals surface area contributed by atoms with E-state index in [4.69, 9.17) is 11.6 Å². The van der Waals surface area contributed by atoms with Gasteiger partial charge in [0, 0.05) is 5.92 Å². The zero-order chi connectivity index (χ0) is 10.3. The van der Waals surface area contributed by atoms with Gasteiger partial charge >= 0.3 is 0 Å². The zero-order valence-electron chi connectivity index (χ0n) is 8.28. The Labute approximate surface area is 93.3 Å². The Morgan fingerprint density at radius 1 is 1.07 bits per heavy atom. The minimum absolute atomic E-state index is 0.537. The second kappa shape index (κ2) is 3.46. The molecule has 3 heteroatoms. The third kappa shape index (κ3) is 1.49. The summed E-state index contributed by atoms with van der Waals surface area (Å²) in [5, 5.41) is 0.582. The van der Waals surface area contributed by atoms with Crippen LogP contribution in [0.1, 0.15) is 30.9 Å². The molecule has 1 aromatic carbocycles. The first kappa shape index (κ1) is 9.10. The van der Waals surface area contributed by atoms with Crippen molar-refractivity contribution in [3.05, 3.63) is 35.1 Å². The molecule has 0 atom stereocenters. The van der Waals surface area contributed by atoms with Crippen LogP contribution < -0.4 is 0 Å². The van der Waals surface area contributed by atoms with Gasteiger partial charge in [-0.15, -0.1) is 0 Å². The van der Waals surface area contributed by atoms with Crippen LogP contribution in [0, 0.1) is 0 Å². The number of benzene rings is 1. The van der Waals surface area contributed by atoms with Crippen molar-refractivity contribution in [2.75, 3.05) is 0 Å². The van der Waals surface area contributed by atoms with Crippen LogP contribution in [0.15, 0.2) is 24.3 Å². The average molecular weight is 219 g/mol. The highest BCUT2D eigenvalue weighted by molar-refractivity contribution is 6.30. The maximum atomic E-state index is 6.14. The van der Waals surface area contributed by atoms with Crippen LogP contribution in [0.5, 0.6) is 0 Å². The van der Waals surface area contributed by atoms with Crippen LogP contribution in [-0.4, -0.2) is 9.97 Å². The van der Waals surface area contributed by atoms with Gasteiger partial charge in [0.05, 0.1) is 16.7 Å². The van der Waals surface area contributed by atoms with E-state index < -0.39 is 0 Å². The lowest BCUT2D eigenvalue weighted by Crippen LogP contribution is -2.12. The Morgan fingerprint density at radius 3 is 2.33 bits per heavy atom. The normalized spacial score (nSPS) is 16.6. The molecule has 3 rings (SSSR count). The van der Waals surface area contributed by atoms with Gasteiger partial charge in [-0.3, -0.25) is 0 Å². The van der Waals surface area contributed by atoms with Crippen molar-refractivity contribution in [1.82, 2.24) is 9.97 Å². The molecule has 0 bridgehead atoms. The van der Waals surface area contributed by atoms with Crippen molar-refractivity contribution in [3.8, 4) is 0 Å². The summed E-state index contributed by atoms with van der Waals surface area (Å²) in [6.07, 6.45) is 3.69. The first-order valence-electron chi connectivity index (χ1n) is 5.27. The summed E-state index contributed by atoms with van der Waals surface area (Å²) in [6.45, 7) is 0. The fraction of sp³-hybridized carbons (Fsp3) is 0.333. The topological polar surface area (TPSA) is 25.8 Å². The molecule has 76 valence electrons. The molecular formula is C12H11ClN2. The number of rotatable bonds is 1. The van der Waals surface area contributed by atoms with E-state index in [0.717, 1.165) is 16.7 Å².